The van der Waals surface area contributed by atoms with Gasteiger partial charge in [0.1, 0.15) is 0 Å². The van der Waals surface area contributed by atoms with Crippen LogP contribution in [0.5, 0.6) is 0 Å². The summed E-state index contributed by atoms with van der Waals surface area (Å²) in [4.78, 5) is 6.43. The smallest absolute Gasteiger partial charge is 0.0600 e. The van der Waals surface area contributed by atoms with Crippen molar-refractivity contribution in [2.45, 2.75) is 13.3 Å². The van der Waals surface area contributed by atoms with Crippen molar-refractivity contribution in [3.63, 3.8) is 0 Å². The number of aromatic nitrogens is 1. The van der Waals surface area contributed by atoms with Crippen molar-refractivity contribution in [1.29, 1.82) is 0 Å². The molecule has 0 saturated carbocycles. The average molecular weight is 339 g/mol. The molecule has 5 heteroatoms. The third kappa shape index (κ3) is 3.15. The molecule has 2 heterocycles. The van der Waals surface area contributed by atoms with E-state index in [9.17, 15) is 0 Å². The van der Waals surface area contributed by atoms with E-state index in [4.69, 9.17) is 11.6 Å². The van der Waals surface area contributed by atoms with E-state index in [0.29, 0.717) is 0 Å². The molecule has 0 aliphatic carbocycles. The fourth-order valence-corrected chi connectivity index (χ4v) is 3.63. The summed E-state index contributed by atoms with van der Waals surface area (Å²) < 4.78 is 1.15. The van der Waals surface area contributed by atoms with Gasteiger partial charge in [-0.05, 0) is 24.6 Å². The zero-order chi connectivity index (χ0) is 13.9. The normalized spacial score (nSPS) is 10.4. The van der Waals surface area contributed by atoms with Crippen molar-refractivity contribution < 1.29 is 0 Å². The van der Waals surface area contributed by atoms with Crippen molar-refractivity contribution in [3.05, 3.63) is 53.1 Å². The zero-order valence-electron chi connectivity index (χ0n) is 11.6. The number of thiophene rings is 1. The van der Waals surface area contributed by atoms with E-state index >= 15 is 0 Å². The Balaban J connectivity index is 0.00000161. The predicted molar refractivity (Wildman–Crippen MR) is 95.6 cm³/mol. The van der Waals surface area contributed by atoms with Crippen molar-refractivity contribution in [2.24, 2.45) is 0 Å². The molecule has 0 fully saturated rings. The molecule has 1 aromatic carbocycles. The minimum Gasteiger partial charge on any atom is -0.340 e. The van der Waals surface area contributed by atoms with Crippen LogP contribution in [0.1, 0.15) is 13.3 Å². The molecule has 0 atom stereocenters. The van der Waals surface area contributed by atoms with Gasteiger partial charge in [-0.25, -0.2) is 0 Å². The molecule has 3 aromatic rings. The minimum atomic E-state index is 0. The Hall–Kier alpha value is -1.29. The van der Waals surface area contributed by atoms with Gasteiger partial charge in [0.2, 0.25) is 0 Å². The molecular weight excluding hydrogens is 323 g/mol. The lowest BCUT2D eigenvalue weighted by molar-refractivity contribution is 0.888. The first-order valence-electron chi connectivity index (χ1n) is 6.64. The number of rotatable bonds is 4. The SMILES string of the molecule is CCCN(c1ccncc1)c1csc2c(Cl)cccc12.Cl. The molecule has 2 aromatic heterocycles. The highest BCUT2D eigenvalue weighted by Crippen LogP contribution is 2.39. The van der Waals surface area contributed by atoms with Crippen LogP contribution in [0.2, 0.25) is 5.02 Å². The monoisotopic (exact) mass is 338 g/mol. The highest BCUT2D eigenvalue weighted by Gasteiger charge is 2.14. The van der Waals surface area contributed by atoms with Gasteiger partial charge in [0.25, 0.3) is 0 Å². The Labute approximate surface area is 139 Å². The molecule has 0 saturated heterocycles. The van der Waals surface area contributed by atoms with Gasteiger partial charge in [-0.2, -0.15) is 0 Å². The van der Waals surface area contributed by atoms with Crippen LogP contribution in [0.15, 0.2) is 48.1 Å². The molecule has 21 heavy (non-hydrogen) atoms. The van der Waals surface area contributed by atoms with Gasteiger partial charge < -0.3 is 4.90 Å². The molecule has 0 bridgehead atoms. The maximum Gasteiger partial charge on any atom is 0.0600 e. The highest BCUT2D eigenvalue weighted by atomic mass is 35.5. The fraction of sp³-hybridized carbons (Fsp3) is 0.188. The largest absolute Gasteiger partial charge is 0.340 e. The Morgan fingerprint density at radius 2 is 1.95 bits per heavy atom. The molecule has 0 N–H and O–H groups in total. The minimum absolute atomic E-state index is 0. The van der Waals surface area contributed by atoms with Crippen LogP contribution in [-0.2, 0) is 0 Å². The Morgan fingerprint density at radius 3 is 2.67 bits per heavy atom. The topological polar surface area (TPSA) is 16.1 Å². The van der Waals surface area contributed by atoms with E-state index in [1.54, 1.807) is 11.3 Å². The molecule has 110 valence electrons. The average Bonchev–Trinajstić information content (AvgIpc) is 2.91. The Bertz CT molecular complexity index is 713. The van der Waals surface area contributed by atoms with E-state index in [-0.39, 0.29) is 12.4 Å². The summed E-state index contributed by atoms with van der Waals surface area (Å²) in [5.41, 5.74) is 2.39. The maximum atomic E-state index is 6.28. The number of hydrogen-bond acceptors (Lipinski definition) is 3. The lowest BCUT2D eigenvalue weighted by atomic mass is 10.2. The molecule has 0 spiro atoms. The van der Waals surface area contributed by atoms with Gasteiger partial charge >= 0.3 is 0 Å². The molecule has 0 aliphatic heterocycles. The first-order valence-corrected chi connectivity index (χ1v) is 7.90. The predicted octanol–water partition coefficient (Wildman–Crippen LogP) is 5.92. The van der Waals surface area contributed by atoms with Crippen LogP contribution in [-0.4, -0.2) is 11.5 Å². The lowest BCUT2D eigenvalue weighted by Gasteiger charge is -2.23. The second-order valence-electron chi connectivity index (χ2n) is 4.59. The third-order valence-corrected chi connectivity index (χ3v) is 4.69. The molecule has 0 amide bonds. The number of halogens is 2. The maximum absolute atomic E-state index is 6.28. The van der Waals surface area contributed by atoms with Crippen LogP contribution < -0.4 is 4.90 Å². The molecule has 0 radical (unpaired) electrons. The number of hydrogen-bond donors (Lipinski definition) is 0. The number of anilines is 2. The van der Waals surface area contributed by atoms with Crippen LogP contribution in [0.3, 0.4) is 0 Å². The summed E-state index contributed by atoms with van der Waals surface area (Å²) in [7, 11) is 0. The van der Waals surface area contributed by atoms with Crippen LogP contribution in [0.25, 0.3) is 10.1 Å². The number of benzene rings is 1. The van der Waals surface area contributed by atoms with Gasteiger partial charge in [0.15, 0.2) is 0 Å². The van der Waals surface area contributed by atoms with E-state index < -0.39 is 0 Å². The summed E-state index contributed by atoms with van der Waals surface area (Å²) >= 11 is 7.98. The first-order chi connectivity index (χ1) is 9.81. The number of fused-ring (bicyclic) bond motifs is 1. The van der Waals surface area contributed by atoms with Gasteiger partial charge in [-0.3, -0.25) is 4.98 Å². The fourth-order valence-electron chi connectivity index (χ4n) is 2.35. The second kappa shape index (κ2) is 7.12. The van der Waals surface area contributed by atoms with E-state index in [2.05, 4.69) is 28.3 Å². The van der Waals surface area contributed by atoms with E-state index in [1.165, 1.54) is 16.8 Å². The van der Waals surface area contributed by atoms with Crippen LogP contribution in [0.4, 0.5) is 11.4 Å². The molecule has 0 unspecified atom stereocenters. The summed E-state index contributed by atoms with van der Waals surface area (Å²) in [5.74, 6) is 0. The van der Waals surface area contributed by atoms with Gasteiger partial charge in [0.05, 0.1) is 15.4 Å². The van der Waals surface area contributed by atoms with Crippen molar-refractivity contribution >= 4 is 56.8 Å². The number of nitrogens with zero attached hydrogens (tertiary/aromatic N) is 2. The second-order valence-corrected chi connectivity index (χ2v) is 5.88. The van der Waals surface area contributed by atoms with Gasteiger partial charge in [-0.1, -0.05) is 30.7 Å². The molecule has 0 aliphatic rings. The summed E-state index contributed by atoms with van der Waals surface area (Å²) in [5, 5.41) is 4.23. The summed E-state index contributed by atoms with van der Waals surface area (Å²) in [6.07, 6.45) is 4.75. The van der Waals surface area contributed by atoms with Crippen molar-refractivity contribution in [3.8, 4) is 0 Å². The van der Waals surface area contributed by atoms with Crippen LogP contribution >= 0.6 is 35.3 Å². The Kier molecular flexibility index (Phi) is 5.45. The van der Waals surface area contributed by atoms with Crippen LogP contribution in [0, 0.1) is 0 Å². The molecular formula is C16H16Cl2N2S. The van der Waals surface area contributed by atoms with Crippen molar-refractivity contribution in [2.75, 3.05) is 11.4 Å². The van der Waals surface area contributed by atoms with Crippen molar-refractivity contribution in [1.82, 2.24) is 4.98 Å². The van der Waals surface area contributed by atoms with Gasteiger partial charge in [0, 0.05) is 35.4 Å². The third-order valence-electron chi connectivity index (χ3n) is 3.24. The quantitative estimate of drug-likeness (QED) is 0.586. The Morgan fingerprint density at radius 1 is 1.19 bits per heavy atom. The first kappa shape index (κ1) is 16.1. The molecule has 3 rings (SSSR count). The summed E-state index contributed by atoms with van der Waals surface area (Å²) in [6.45, 7) is 3.16. The van der Waals surface area contributed by atoms with E-state index in [1.807, 2.05) is 36.7 Å². The highest BCUT2D eigenvalue weighted by molar-refractivity contribution is 7.18. The standard InChI is InChI=1S/C16H15ClN2S.ClH/c1-2-10-19(12-6-8-18-9-7-12)15-11-20-16-13(15)4-3-5-14(16)17;/h3-9,11H,2,10H2,1H3;1H. The van der Waals surface area contributed by atoms with E-state index in [0.717, 1.165) is 22.7 Å². The summed E-state index contributed by atoms with van der Waals surface area (Å²) in [6, 6.07) is 10.2. The lowest BCUT2D eigenvalue weighted by Crippen LogP contribution is -2.17. The zero-order valence-corrected chi connectivity index (χ0v) is 14.0. The van der Waals surface area contributed by atoms with Gasteiger partial charge in [-0.15, -0.1) is 23.7 Å². The molecule has 2 nitrogen and oxygen atoms in total. The number of pyridine rings is 1.